The minimum atomic E-state index is 0.749. The van der Waals surface area contributed by atoms with Crippen molar-refractivity contribution in [1.82, 2.24) is 9.55 Å². The third kappa shape index (κ3) is 3.10. The van der Waals surface area contributed by atoms with Crippen LogP contribution >= 0.6 is 15.9 Å². The molecule has 0 spiro atoms. The maximum atomic E-state index is 5.81. The Labute approximate surface area is 132 Å². The van der Waals surface area contributed by atoms with Gasteiger partial charge in [-0.2, -0.15) is 0 Å². The predicted octanol–water partition coefficient (Wildman–Crippen LogP) is 4.64. The van der Waals surface area contributed by atoms with Crippen molar-refractivity contribution >= 4 is 26.8 Å². The topological polar surface area (TPSA) is 27.1 Å². The van der Waals surface area contributed by atoms with Gasteiger partial charge in [-0.25, -0.2) is 0 Å². The van der Waals surface area contributed by atoms with Crippen molar-refractivity contribution in [2.24, 2.45) is 0 Å². The highest BCUT2D eigenvalue weighted by atomic mass is 79.9. The first kappa shape index (κ1) is 14.1. The van der Waals surface area contributed by atoms with E-state index < -0.39 is 0 Å². The van der Waals surface area contributed by atoms with E-state index in [1.54, 1.807) is 0 Å². The number of fused-ring (bicyclic) bond motifs is 1. The van der Waals surface area contributed by atoms with Crippen LogP contribution in [0.1, 0.15) is 19.0 Å². The third-order valence-electron chi connectivity index (χ3n) is 3.36. The Hall–Kier alpha value is -1.81. The van der Waals surface area contributed by atoms with E-state index in [2.05, 4.69) is 50.7 Å². The average Bonchev–Trinajstić information content (AvgIpc) is 2.91. The Kier molecular flexibility index (Phi) is 4.25. The molecule has 0 radical (unpaired) electrons. The van der Waals surface area contributed by atoms with E-state index in [4.69, 9.17) is 4.74 Å². The Morgan fingerprint density at radius 3 is 2.86 bits per heavy atom. The number of halogens is 1. The fraction of sp³-hybridized carbons (Fsp3) is 0.235. The van der Waals surface area contributed by atoms with E-state index in [-0.39, 0.29) is 0 Å². The van der Waals surface area contributed by atoms with E-state index in [0.717, 1.165) is 40.9 Å². The van der Waals surface area contributed by atoms with Crippen LogP contribution in [0.15, 0.2) is 53.3 Å². The van der Waals surface area contributed by atoms with Gasteiger partial charge in [0.1, 0.15) is 5.75 Å². The quantitative estimate of drug-likeness (QED) is 0.674. The van der Waals surface area contributed by atoms with E-state index in [1.165, 1.54) is 5.52 Å². The van der Waals surface area contributed by atoms with Crippen LogP contribution in [-0.2, 0) is 6.54 Å². The second-order valence-electron chi connectivity index (χ2n) is 4.95. The molecule has 0 saturated heterocycles. The van der Waals surface area contributed by atoms with Gasteiger partial charge in [0.15, 0.2) is 0 Å². The van der Waals surface area contributed by atoms with Crippen LogP contribution in [0.5, 0.6) is 5.75 Å². The molecular formula is C17H17BrN2O. The molecule has 0 N–H and O–H groups in total. The van der Waals surface area contributed by atoms with Gasteiger partial charge >= 0.3 is 0 Å². The van der Waals surface area contributed by atoms with Crippen LogP contribution in [0.25, 0.3) is 10.9 Å². The maximum Gasteiger partial charge on any atom is 0.128 e. The van der Waals surface area contributed by atoms with Gasteiger partial charge in [-0.05, 0) is 52.7 Å². The number of hydrogen-bond acceptors (Lipinski definition) is 2. The molecule has 0 unspecified atom stereocenters. The number of rotatable bonds is 5. The van der Waals surface area contributed by atoms with Crippen LogP contribution < -0.4 is 4.74 Å². The van der Waals surface area contributed by atoms with Gasteiger partial charge in [-0.3, -0.25) is 4.98 Å². The molecule has 0 aliphatic rings. The Balaban J connectivity index is 1.91. The predicted molar refractivity (Wildman–Crippen MR) is 88.8 cm³/mol. The number of pyridine rings is 1. The molecular weight excluding hydrogens is 328 g/mol. The Morgan fingerprint density at radius 1 is 1.19 bits per heavy atom. The first-order valence-corrected chi connectivity index (χ1v) is 7.88. The van der Waals surface area contributed by atoms with E-state index in [9.17, 15) is 0 Å². The highest BCUT2D eigenvalue weighted by molar-refractivity contribution is 9.10. The van der Waals surface area contributed by atoms with Crippen molar-refractivity contribution in [2.75, 3.05) is 6.61 Å². The Bertz CT molecular complexity index is 734. The molecule has 2 aromatic heterocycles. The SMILES string of the molecule is CCCOc1cccc2c1ccn2Cc1ccc(Br)cn1. The molecule has 1 aromatic carbocycles. The van der Waals surface area contributed by atoms with Crippen molar-refractivity contribution in [3.8, 4) is 5.75 Å². The van der Waals surface area contributed by atoms with Crippen molar-refractivity contribution in [2.45, 2.75) is 19.9 Å². The summed E-state index contributed by atoms with van der Waals surface area (Å²) in [5.74, 6) is 0.955. The van der Waals surface area contributed by atoms with Gasteiger partial charge in [0.2, 0.25) is 0 Å². The molecule has 2 heterocycles. The largest absolute Gasteiger partial charge is 0.493 e. The smallest absolute Gasteiger partial charge is 0.128 e. The molecule has 0 aliphatic heterocycles. The fourth-order valence-corrected chi connectivity index (χ4v) is 2.58. The van der Waals surface area contributed by atoms with Crippen molar-refractivity contribution in [3.05, 3.63) is 59.0 Å². The lowest BCUT2D eigenvalue weighted by Crippen LogP contribution is -2.00. The molecule has 3 nitrogen and oxygen atoms in total. The molecule has 0 amide bonds. The Morgan fingerprint density at radius 2 is 2.10 bits per heavy atom. The molecule has 0 aliphatic carbocycles. The zero-order chi connectivity index (χ0) is 14.7. The van der Waals surface area contributed by atoms with Crippen LogP contribution in [0.3, 0.4) is 0 Å². The molecule has 0 atom stereocenters. The summed E-state index contributed by atoms with van der Waals surface area (Å²) in [6.45, 7) is 3.62. The number of ether oxygens (including phenoxy) is 1. The van der Waals surface area contributed by atoms with E-state index in [1.807, 2.05) is 30.5 Å². The average molecular weight is 345 g/mol. The van der Waals surface area contributed by atoms with Gasteiger partial charge in [0, 0.05) is 22.3 Å². The second-order valence-corrected chi connectivity index (χ2v) is 5.86. The summed E-state index contributed by atoms with van der Waals surface area (Å²) in [5, 5.41) is 1.16. The van der Waals surface area contributed by atoms with Gasteiger partial charge in [0.25, 0.3) is 0 Å². The third-order valence-corrected chi connectivity index (χ3v) is 3.83. The van der Waals surface area contributed by atoms with Gasteiger partial charge < -0.3 is 9.30 Å². The lowest BCUT2D eigenvalue weighted by molar-refractivity contribution is 0.321. The molecule has 108 valence electrons. The fourth-order valence-electron chi connectivity index (χ4n) is 2.35. The number of hydrogen-bond donors (Lipinski definition) is 0. The minimum Gasteiger partial charge on any atom is -0.493 e. The molecule has 0 bridgehead atoms. The number of benzene rings is 1. The normalized spacial score (nSPS) is 11.0. The maximum absolute atomic E-state index is 5.81. The zero-order valence-corrected chi connectivity index (χ0v) is 13.5. The van der Waals surface area contributed by atoms with Crippen LogP contribution in [0.4, 0.5) is 0 Å². The van der Waals surface area contributed by atoms with Crippen LogP contribution in [0, 0.1) is 0 Å². The summed E-state index contributed by atoms with van der Waals surface area (Å²) in [4.78, 5) is 4.43. The number of nitrogens with zero attached hydrogens (tertiary/aromatic N) is 2. The molecule has 21 heavy (non-hydrogen) atoms. The monoisotopic (exact) mass is 344 g/mol. The van der Waals surface area contributed by atoms with Crippen molar-refractivity contribution < 1.29 is 4.74 Å². The number of aromatic nitrogens is 2. The highest BCUT2D eigenvalue weighted by Crippen LogP contribution is 2.27. The first-order chi connectivity index (χ1) is 10.3. The molecule has 0 fully saturated rings. The van der Waals surface area contributed by atoms with Gasteiger partial charge in [-0.1, -0.05) is 13.0 Å². The first-order valence-electron chi connectivity index (χ1n) is 7.09. The van der Waals surface area contributed by atoms with E-state index >= 15 is 0 Å². The summed E-state index contributed by atoms with van der Waals surface area (Å²) in [5.41, 5.74) is 2.21. The van der Waals surface area contributed by atoms with E-state index in [0.29, 0.717) is 0 Å². The molecule has 3 rings (SSSR count). The molecule has 3 aromatic rings. The summed E-state index contributed by atoms with van der Waals surface area (Å²) in [6.07, 6.45) is 4.93. The van der Waals surface area contributed by atoms with Gasteiger partial charge in [-0.15, -0.1) is 0 Å². The van der Waals surface area contributed by atoms with Crippen LogP contribution in [0.2, 0.25) is 0 Å². The second kappa shape index (κ2) is 6.31. The summed E-state index contributed by atoms with van der Waals surface area (Å²) in [7, 11) is 0. The minimum absolute atomic E-state index is 0.749. The van der Waals surface area contributed by atoms with Crippen molar-refractivity contribution in [3.63, 3.8) is 0 Å². The summed E-state index contributed by atoms with van der Waals surface area (Å²) in [6, 6.07) is 12.3. The molecule has 4 heteroatoms. The van der Waals surface area contributed by atoms with Gasteiger partial charge in [0.05, 0.1) is 24.4 Å². The van der Waals surface area contributed by atoms with Crippen molar-refractivity contribution in [1.29, 1.82) is 0 Å². The molecule has 0 saturated carbocycles. The highest BCUT2D eigenvalue weighted by Gasteiger charge is 2.07. The lowest BCUT2D eigenvalue weighted by atomic mass is 10.2. The lowest BCUT2D eigenvalue weighted by Gasteiger charge is -2.08. The zero-order valence-electron chi connectivity index (χ0n) is 11.9. The summed E-state index contributed by atoms with van der Waals surface area (Å²) >= 11 is 3.41. The standard InChI is InChI=1S/C17H17BrN2O/c1-2-10-21-17-5-3-4-16-15(17)8-9-20(16)12-14-7-6-13(18)11-19-14/h3-9,11H,2,10,12H2,1H3. The summed E-state index contributed by atoms with van der Waals surface area (Å²) < 4.78 is 9.01. The van der Waals surface area contributed by atoms with Crippen LogP contribution in [-0.4, -0.2) is 16.2 Å².